The van der Waals surface area contributed by atoms with E-state index in [1.54, 1.807) is 18.2 Å². The highest BCUT2D eigenvalue weighted by Crippen LogP contribution is 2.26. The van der Waals surface area contributed by atoms with Gasteiger partial charge in [-0.3, -0.25) is 9.59 Å². The molecule has 1 unspecified atom stereocenters. The van der Waals surface area contributed by atoms with Gasteiger partial charge in [0.05, 0.1) is 6.04 Å². The van der Waals surface area contributed by atoms with E-state index in [9.17, 15) is 19.1 Å². The number of hydrogen-bond acceptors (Lipinski definition) is 3. The Morgan fingerprint density at radius 1 is 0.946 bits per heavy atom. The highest BCUT2D eigenvalue weighted by Gasteiger charge is 2.21. The summed E-state index contributed by atoms with van der Waals surface area (Å²) in [7, 11) is 0. The molecule has 3 aromatic rings. The van der Waals surface area contributed by atoms with Crippen molar-refractivity contribution in [2.75, 3.05) is 0 Å². The third kappa shape index (κ3) is 8.45. The lowest BCUT2D eigenvalue weighted by Gasteiger charge is -2.23. The van der Waals surface area contributed by atoms with Gasteiger partial charge < -0.3 is 15.2 Å². The monoisotopic (exact) mass is 505 g/mol. The van der Waals surface area contributed by atoms with Crippen LogP contribution in [0.2, 0.25) is 0 Å². The van der Waals surface area contributed by atoms with E-state index in [1.165, 1.54) is 12.1 Å². The van der Waals surface area contributed by atoms with Crippen LogP contribution in [0.3, 0.4) is 0 Å². The molecule has 3 aromatic carbocycles. The van der Waals surface area contributed by atoms with Gasteiger partial charge in [0, 0.05) is 12.0 Å². The first kappa shape index (κ1) is 27.9. The molecular weight excluding hydrogens is 469 g/mol. The van der Waals surface area contributed by atoms with Crippen LogP contribution in [0.4, 0.5) is 4.39 Å². The zero-order valence-corrected chi connectivity index (χ0v) is 22.2. The normalized spacial score (nSPS) is 11.9. The summed E-state index contributed by atoms with van der Waals surface area (Å²) < 4.78 is 19.7. The van der Waals surface area contributed by atoms with Gasteiger partial charge in [-0.15, -0.1) is 0 Å². The highest BCUT2D eigenvalue weighted by atomic mass is 19.1. The molecule has 0 aliphatic carbocycles. The van der Waals surface area contributed by atoms with Crippen LogP contribution in [-0.4, -0.2) is 17.0 Å². The number of nitrogens with one attached hydrogen (secondary N) is 1. The van der Waals surface area contributed by atoms with Crippen LogP contribution in [-0.2, 0) is 17.8 Å². The van der Waals surface area contributed by atoms with E-state index in [-0.39, 0.29) is 37.2 Å². The molecule has 0 saturated carbocycles. The molecule has 0 aromatic heterocycles. The van der Waals surface area contributed by atoms with E-state index in [0.29, 0.717) is 28.4 Å². The van der Waals surface area contributed by atoms with E-state index in [2.05, 4.69) is 37.4 Å². The minimum atomic E-state index is -0.930. The first-order chi connectivity index (χ1) is 17.5. The maximum absolute atomic E-state index is 13.8. The van der Waals surface area contributed by atoms with Gasteiger partial charge in [-0.2, -0.15) is 0 Å². The molecule has 0 saturated heterocycles. The van der Waals surface area contributed by atoms with Crippen LogP contribution in [0.1, 0.15) is 76.5 Å². The van der Waals surface area contributed by atoms with E-state index in [1.807, 2.05) is 26.8 Å². The SMILES string of the molecule is Cc1cc(F)cc(COc2ccc(CCC(=O)O)c(C(=O)NC(CC(C)C)c3cc(C)cc(C)c3)c2)c1. The Bertz CT molecular complexity index is 1230. The van der Waals surface area contributed by atoms with Crippen molar-refractivity contribution in [3.63, 3.8) is 0 Å². The minimum Gasteiger partial charge on any atom is -0.489 e. The van der Waals surface area contributed by atoms with E-state index in [4.69, 9.17) is 4.74 Å². The molecule has 0 aliphatic heterocycles. The molecule has 0 spiro atoms. The average Bonchev–Trinajstić information content (AvgIpc) is 2.79. The molecule has 3 rings (SSSR count). The lowest BCUT2D eigenvalue weighted by Crippen LogP contribution is -2.30. The zero-order chi connectivity index (χ0) is 27.1. The van der Waals surface area contributed by atoms with Crippen LogP contribution in [0.25, 0.3) is 0 Å². The number of rotatable bonds is 11. The number of amides is 1. The Morgan fingerprint density at radius 3 is 2.24 bits per heavy atom. The first-order valence-electron chi connectivity index (χ1n) is 12.6. The number of hydrogen-bond donors (Lipinski definition) is 2. The quantitative estimate of drug-likeness (QED) is 0.298. The molecule has 0 bridgehead atoms. The third-order valence-electron chi connectivity index (χ3n) is 6.10. The van der Waals surface area contributed by atoms with Crippen molar-refractivity contribution in [1.82, 2.24) is 5.32 Å². The molecule has 37 heavy (non-hydrogen) atoms. The van der Waals surface area contributed by atoms with Gasteiger partial charge in [-0.1, -0.05) is 55.3 Å². The van der Waals surface area contributed by atoms with Crippen molar-refractivity contribution in [3.8, 4) is 5.75 Å². The third-order valence-corrected chi connectivity index (χ3v) is 6.10. The lowest BCUT2D eigenvalue weighted by atomic mass is 9.93. The van der Waals surface area contributed by atoms with Gasteiger partial charge in [0.15, 0.2) is 0 Å². The summed E-state index contributed by atoms with van der Waals surface area (Å²) in [6, 6.07) is 15.9. The summed E-state index contributed by atoms with van der Waals surface area (Å²) in [5, 5.41) is 12.4. The van der Waals surface area contributed by atoms with Crippen LogP contribution in [0.5, 0.6) is 5.75 Å². The largest absolute Gasteiger partial charge is 0.489 e. The number of benzene rings is 3. The molecule has 5 nitrogen and oxygen atoms in total. The standard InChI is InChI=1S/C31H36FNO4/c1-19(2)10-29(25-13-20(3)11-21(4)14-25)33-31(36)28-17-27(8-6-24(28)7-9-30(34)35)37-18-23-12-22(5)15-26(32)16-23/h6,8,11-17,19,29H,7,9-10,18H2,1-5H3,(H,33,36)(H,34,35). The number of carboxylic acids is 1. The van der Waals surface area contributed by atoms with Crippen molar-refractivity contribution in [2.45, 2.75) is 66.5 Å². The average molecular weight is 506 g/mol. The summed E-state index contributed by atoms with van der Waals surface area (Å²) in [4.78, 5) is 24.8. The summed E-state index contributed by atoms with van der Waals surface area (Å²) in [5.74, 6) is -0.733. The molecule has 0 aliphatic rings. The van der Waals surface area contributed by atoms with Gasteiger partial charge in [0.25, 0.3) is 5.91 Å². The van der Waals surface area contributed by atoms with Crippen LogP contribution >= 0.6 is 0 Å². The van der Waals surface area contributed by atoms with Crippen LogP contribution in [0.15, 0.2) is 54.6 Å². The van der Waals surface area contributed by atoms with Gasteiger partial charge in [-0.05, 0) is 86.1 Å². The Morgan fingerprint density at radius 2 is 1.62 bits per heavy atom. The highest BCUT2D eigenvalue weighted by molar-refractivity contribution is 5.96. The molecule has 0 radical (unpaired) electrons. The molecule has 0 heterocycles. The van der Waals surface area contributed by atoms with Gasteiger partial charge >= 0.3 is 5.97 Å². The second-order valence-electron chi connectivity index (χ2n) is 10.2. The van der Waals surface area contributed by atoms with Gasteiger partial charge in [0.1, 0.15) is 18.2 Å². The molecule has 0 fully saturated rings. The summed E-state index contributed by atoms with van der Waals surface area (Å²) in [5.41, 5.74) is 5.80. The van der Waals surface area contributed by atoms with Gasteiger partial charge in [-0.25, -0.2) is 4.39 Å². The van der Waals surface area contributed by atoms with E-state index >= 15 is 0 Å². The number of carbonyl (C=O) groups is 2. The molecule has 1 atom stereocenters. The number of aryl methyl sites for hydroxylation is 4. The van der Waals surface area contributed by atoms with E-state index < -0.39 is 5.97 Å². The summed E-state index contributed by atoms with van der Waals surface area (Å²) in [6.45, 7) is 10.3. The number of carboxylic acid groups (broad SMARTS) is 1. The zero-order valence-electron chi connectivity index (χ0n) is 22.2. The summed E-state index contributed by atoms with van der Waals surface area (Å²) >= 11 is 0. The van der Waals surface area contributed by atoms with E-state index in [0.717, 1.165) is 28.7 Å². The minimum absolute atomic E-state index is 0.0877. The second-order valence-corrected chi connectivity index (χ2v) is 10.2. The van der Waals surface area contributed by atoms with Crippen molar-refractivity contribution in [1.29, 1.82) is 0 Å². The Kier molecular flexibility index (Phi) is 9.45. The van der Waals surface area contributed by atoms with Crippen molar-refractivity contribution < 1.29 is 23.8 Å². The molecule has 6 heteroatoms. The number of aliphatic carboxylic acids is 1. The van der Waals surface area contributed by atoms with Gasteiger partial charge in [0.2, 0.25) is 0 Å². The summed E-state index contributed by atoms with van der Waals surface area (Å²) in [6.07, 6.45) is 0.892. The predicted molar refractivity (Wildman–Crippen MR) is 143 cm³/mol. The first-order valence-corrected chi connectivity index (χ1v) is 12.6. The fourth-order valence-corrected chi connectivity index (χ4v) is 4.58. The van der Waals surface area contributed by atoms with Crippen LogP contribution < -0.4 is 10.1 Å². The van der Waals surface area contributed by atoms with Crippen molar-refractivity contribution in [3.05, 3.63) is 99.4 Å². The topological polar surface area (TPSA) is 75.6 Å². The molecule has 196 valence electrons. The maximum Gasteiger partial charge on any atom is 0.303 e. The Hall–Kier alpha value is -3.67. The Labute approximate surface area is 218 Å². The Balaban J connectivity index is 1.89. The van der Waals surface area contributed by atoms with Crippen LogP contribution in [0, 0.1) is 32.5 Å². The van der Waals surface area contributed by atoms with Crippen molar-refractivity contribution >= 4 is 11.9 Å². The maximum atomic E-state index is 13.8. The van der Waals surface area contributed by atoms with Crippen molar-refractivity contribution in [2.24, 2.45) is 5.92 Å². The molecule has 2 N–H and O–H groups in total. The second kappa shape index (κ2) is 12.5. The molecular formula is C31H36FNO4. The molecule has 1 amide bonds. The fraction of sp³-hybridized carbons (Fsp3) is 0.355. The smallest absolute Gasteiger partial charge is 0.303 e. The number of halogens is 1. The number of ether oxygens (including phenoxy) is 1. The fourth-order valence-electron chi connectivity index (χ4n) is 4.58. The predicted octanol–water partition coefficient (Wildman–Crippen LogP) is 6.86. The lowest BCUT2D eigenvalue weighted by molar-refractivity contribution is -0.136. The number of carbonyl (C=O) groups excluding carboxylic acids is 1.